The van der Waals surface area contributed by atoms with E-state index in [-0.39, 0.29) is 0 Å². The molecule has 4 aromatic carbocycles. The number of benzene rings is 4. The zero-order valence-corrected chi connectivity index (χ0v) is 11.3. The average Bonchev–Trinajstić information content (AvgIpc) is 3.01. The minimum atomic E-state index is 0.975. The summed E-state index contributed by atoms with van der Waals surface area (Å²) in [6.45, 7) is 0. The number of hydrogen-bond acceptors (Lipinski definition) is 1. The van der Waals surface area contributed by atoms with Crippen LogP contribution in [-0.4, -0.2) is 0 Å². The van der Waals surface area contributed by atoms with Crippen molar-refractivity contribution in [1.82, 2.24) is 0 Å². The lowest BCUT2D eigenvalue weighted by molar-refractivity contribution is 0.619. The van der Waals surface area contributed by atoms with E-state index in [1.54, 1.807) is 6.26 Å². The Kier molecular flexibility index (Phi) is 2.01. The van der Waals surface area contributed by atoms with Gasteiger partial charge in [-0.1, -0.05) is 42.5 Å². The Balaban J connectivity index is 2.04. The molecule has 0 atom stereocenters. The molecule has 0 N–H and O–H groups in total. The van der Waals surface area contributed by atoms with Crippen LogP contribution in [0.15, 0.2) is 77.4 Å². The van der Waals surface area contributed by atoms with Crippen molar-refractivity contribution in [2.24, 2.45) is 0 Å². The summed E-state index contributed by atoms with van der Waals surface area (Å²) in [5, 5.41) is 8.70. The van der Waals surface area contributed by atoms with E-state index in [0.717, 1.165) is 11.0 Å². The van der Waals surface area contributed by atoms with Gasteiger partial charge in [0.2, 0.25) is 0 Å². The molecule has 1 heteroatoms. The summed E-state index contributed by atoms with van der Waals surface area (Å²) in [6, 6.07) is 23.7. The minimum Gasteiger partial charge on any atom is -0.464 e. The highest BCUT2D eigenvalue weighted by Crippen LogP contribution is 2.33. The van der Waals surface area contributed by atoms with Crippen LogP contribution in [0, 0.1) is 0 Å². The summed E-state index contributed by atoms with van der Waals surface area (Å²) in [5.74, 6) is 0. The number of furan rings is 1. The van der Waals surface area contributed by atoms with Gasteiger partial charge in [0.05, 0.1) is 6.26 Å². The Bertz CT molecular complexity index is 1130. The van der Waals surface area contributed by atoms with Crippen molar-refractivity contribution in [3.05, 3.63) is 73.0 Å². The lowest BCUT2D eigenvalue weighted by atomic mass is 9.97. The van der Waals surface area contributed by atoms with Gasteiger partial charge in [-0.3, -0.25) is 0 Å². The van der Waals surface area contributed by atoms with Crippen molar-refractivity contribution in [1.29, 1.82) is 0 Å². The third-order valence-electron chi connectivity index (χ3n) is 4.30. The highest BCUT2D eigenvalue weighted by molar-refractivity contribution is 6.17. The lowest BCUT2D eigenvalue weighted by Gasteiger charge is -2.07. The van der Waals surface area contributed by atoms with Gasteiger partial charge in [-0.15, -0.1) is 0 Å². The Morgan fingerprint density at radius 3 is 2.19 bits per heavy atom. The van der Waals surface area contributed by atoms with Crippen LogP contribution in [0.5, 0.6) is 0 Å². The molecular weight excluding hydrogens is 256 g/mol. The fraction of sp³-hybridized carbons (Fsp3) is 0. The smallest absolute Gasteiger partial charge is 0.141 e. The molecule has 21 heavy (non-hydrogen) atoms. The van der Waals surface area contributed by atoms with Crippen molar-refractivity contribution in [2.75, 3.05) is 0 Å². The number of rotatable bonds is 0. The van der Waals surface area contributed by atoms with Crippen molar-refractivity contribution in [3.63, 3.8) is 0 Å². The molecule has 1 aromatic heterocycles. The quantitative estimate of drug-likeness (QED) is 0.252. The predicted octanol–water partition coefficient (Wildman–Crippen LogP) is 5.89. The van der Waals surface area contributed by atoms with Crippen LogP contribution in [0.25, 0.3) is 43.3 Å². The van der Waals surface area contributed by atoms with E-state index < -0.39 is 0 Å². The van der Waals surface area contributed by atoms with E-state index in [1.807, 2.05) is 6.07 Å². The van der Waals surface area contributed by atoms with E-state index in [1.165, 1.54) is 32.3 Å². The van der Waals surface area contributed by atoms with Crippen LogP contribution in [-0.2, 0) is 0 Å². The van der Waals surface area contributed by atoms with E-state index in [4.69, 9.17) is 4.42 Å². The van der Waals surface area contributed by atoms with Crippen molar-refractivity contribution in [2.45, 2.75) is 0 Å². The van der Waals surface area contributed by atoms with Gasteiger partial charge in [-0.25, -0.2) is 0 Å². The maximum absolute atomic E-state index is 5.67. The molecule has 0 aliphatic heterocycles. The highest BCUT2D eigenvalue weighted by atomic mass is 16.3. The molecule has 1 nitrogen and oxygen atoms in total. The Hall–Kier alpha value is -2.80. The first kappa shape index (κ1) is 10.9. The zero-order valence-electron chi connectivity index (χ0n) is 11.3. The average molecular weight is 268 g/mol. The van der Waals surface area contributed by atoms with Gasteiger partial charge < -0.3 is 4.42 Å². The van der Waals surface area contributed by atoms with Crippen LogP contribution in [0.4, 0.5) is 0 Å². The molecule has 0 bridgehead atoms. The molecule has 0 radical (unpaired) electrons. The molecule has 98 valence electrons. The van der Waals surface area contributed by atoms with E-state index >= 15 is 0 Å². The zero-order chi connectivity index (χ0) is 13.8. The summed E-state index contributed by atoms with van der Waals surface area (Å²) in [5.41, 5.74) is 0.975. The Labute approximate surface area is 121 Å². The molecule has 0 saturated heterocycles. The van der Waals surface area contributed by atoms with Crippen molar-refractivity contribution in [3.8, 4) is 0 Å². The molecule has 0 aliphatic carbocycles. The fourth-order valence-corrected chi connectivity index (χ4v) is 3.26. The van der Waals surface area contributed by atoms with E-state index in [9.17, 15) is 0 Å². The monoisotopic (exact) mass is 268 g/mol. The topological polar surface area (TPSA) is 13.1 Å². The summed E-state index contributed by atoms with van der Waals surface area (Å²) in [6.07, 6.45) is 1.76. The van der Waals surface area contributed by atoms with Crippen LogP contribution < -0.4 is 0 Å². The van der Waals surface area contributed by atoms with Gasteiger partial charge in [-0.05, 0) is 51.2 Å². The molecule has 5 rings (SSSR count). The first-order chi connectivity index (χ1) is 10.4. The number of hydrogen-bond donors (Lipinski definition) is 0. The SMILES string of the molecule is c1ccc2cc3c(ccc4c3ccc3ccoc34)cc2c1. The van der Waals surface area contributed by atoms with Crippen molar-refractivity contribution >= 4 is 43.3 Å². The van der Waals surface area contributed by atoms with Gasteiger partial charge in [0.25, 0.3) is 0 Å². The van der Waals surface area contributed by atoms with Crippen LogP contribution in [0.3, 0.4) is 0 Å². The second-order valence-electron chi connectivity index (χ2n) is 5.49. The molecule has 0 amide bonds. The van der Waals surface area contributed by atoms with Crippen LogP contribution in [0.2, 0.25) is 0 Å². The van der Waals surface area contributed by atoms with Crippen LogP contribution >= 0.6 is 0 Å². The second kappa shape index (κ2) is 3.86. The summed E-state index contributed by atoms with van der Waals surface area (Å²) in [7, 11) is 0. The first-order valence-electron chi connectivity index (χ1n) is 7.12. The highest BCUT2D eigenvalue weighted by Gasteiger charge is 2.07. The van der Waals surface area contributed by atoms with E-state index in [2.05, 4.69) is 60.7 Å². The minimum absolute atomic E-state index is 0.975. The van der Waals surface area contributed by atoms with E-state index in [0.29, 0.717) is 0 Å². The summed E-state index contributed by atoms with van der Waals surface area (Å²) >= 11 is 0. The predicted molar refractivity (Wildman–Crippen MR) is 88.7 cm³/mol. The third kappa shape index (κ3) is 1.46. The van der Waals surface area contributed by atoms with Crippen molar-refractivity contribution < 1.29 is 4.42 Å². The maximum atomic E-state index is 5.67. The molecule has 0 unspecified atom stereocenters. The molecule has 1 heterocycles. The van der Waals surface area contributed by atoms with Gasteiger partial charge >= 0.3 is 0 Å². The molecule has 0 aliphatic rings. The van der Waals surface area contributed by atoms with Gasteiger partial charge in [0.15, 0.2) is 0 Å². The van der Waals surface area contributed by atoms with Gasteiger partial charge in [-0.2, -0.15) is 0 Å². The van der Waals surface area contributed by atoms with Crippen LogP contribution in [0.1, 0.15) is 0 Å². The molecule has 0 spiro atoms. The largest absolute Gasteiger partial charge is 0.464 e. The van der Waals surface area contributed by atoms with Gasteiger partial charge in [0, 0.05) is 10.8 Å². The third-order valence-corrected chi connectivity index (χ3v) is 4.30. The van der Waals surface area contributed by atoms with Gasteiger partial charge in [0.1, 0.15) is 5.58 Å². The Morgan fingerprint density at radius 1 is 0.524 bits per heavy atom. The lowest BCUT2D eigenvalue weighted by Crippen LogP contribution is -1.80. The standard InChI is InChI=1S/C20H12O/c1-2-4-15-12-19-16(11-14(15)3-1)6-8-18-17(19)7-5-13-9-10-21-20(13)18/h1-12H. The summed E-state index contributed by atoms with van der Waals surface area (Å²) in [4.78, 5) is 0. The maximum Gasteiger partial charge on any atom is 0.141 e. The fourth-order valence-electron chi connectivity index (χ4n) is 3.26. The molecule has 0 fully saturated rings. The number of fused-ring (bicyclic) bond motifs is 6. The second-order valence-corrected chi connectivity index (χ2v) is 5.49. The molecule has 5 aromatic rings. The summed E-state index contributed by atoms with van der Waals surface area (Å²) < 4.78 is 5.67. The molecular formula is C20H12O. The normalized spacial score (nSPS) is 11.8. The first-order valence-corrected chi connectivity index (χ1v) is 7.12. The Morgan fingerprint density at radius 2 is 1.29 bits per heavy atom. The molecule has 0 saturated carbocycles.